The normalized spacial score (nSPS) is 15.8. The summed E-state index contributed by atoms with van der Waals surface area (Å²) < 4.78 is 10.2. The first-order chi connectivity index (χ1) is 9.28. The molecule has 6 nitrogen and oxygen atoms in total. The van der Waals surface area contributed by atoms with Gasteiger partial charge in [0.15, 0.2) is 11.6 Å². The summed E-state index contributed by atoms with van der Waals surface area (Å²) in [5.74, 6) is 2.22. The van der Waals surface area contributed by atoms with Crippen molar-refractivity contribution in [2.75, 3.05) is 0 Å². The number of nitrogens with zero attached hydrogens (tertiary/aromatic N) is 4. The first-order valence-electron chi connectivity index (χ1n) is 6.45. The summed E-state index contributed by atoms with van der Waals surface area (Å²) in [5, 5.41) is 16.9. The number of hydrogen-bond acceptors (Lipinski definition) is 6. The molecule has 0 saturated heterocycles. The van der Waals surface area contributed by atoms with Crippen LogP contribution in [0.1, 0.15) is 60.3 Å². The van der Waals surface area contributed by atoms with Crippen molar-refractivity contribution in [2.45, 2.75) is 44.9 Å². The van der Waals surface area contributed by atoms with Gasteiger partial charge in [-0.15, -0.1) is 0 Å². The molecular weight excluding hydrogens is 244 g/mol. The van der Waals surface area contributed by atoms with Gasteiger partial charge < -0.3 is 9.05 Å². The summed E-state index contributed by atoms with van der Waals surface area (Å²) in [5.41, 5.74) is 1.02. The molecule has 2 aromatic heterocycles. The maximum absolute atomic E-state index is 9.03. The number of hydrogen-bond donors (Lipinski definition) is 0. The van der Waals surface area contributed by atoms with E-state index in [1.54, 1.807) is 6.92 Å². The Hall–Kier alpha value is -2.16. The van der Waals surface area contributed by atoms with Crippen molar-refractivity contribution in [3.05, 3.63) is 28.7 Å². The van der Waals surface area contributed by atoms with E-state index in [0.29, 0.717) is 35.2 Å². The molecule has 0 N–H and O–H groups in total. The van der Waals surface area contributed by atoms with E-state index in [1.807, 2.05) is 0 Å². The van der Waals surface area contributed by atoms with E-state index in [4.69, 9.17) is 14.3 Å². The van der Waals surface area contributed by atoms with E-state index < -0.39 is 0 Å². The zero-order valence-corrected chi connectivity index (χ0v) is 10.7. The lowest BCUT2D eigenvalue weighted by molar-refractivity contribution is 0.365. The predicted octanol–water partition coefficient (Wildman–Crippen LogP) is 2.49. The molecule has 1 fully saturated rings. The third-order valence-corrected chi connectivity index (χ3v) is 3.57. The number of rotatable bonds is 3. The summed E-state index contributed by atoms with van der Waals surface area (Å²) >= 11 is 0. The van der Waals surface area contributed by atoms with E-state index in [2.05, 4.69) is 21.4 Å². The molecule has 0 spiro atoms. The van der Waals surface area contributed by atoms with Crippen LogP contribution in [-0.4, -0.2) is 15.3 Å². The van der Waals surface area contributed by atoms with E-state index in [1.165, 1.54) is 12.8 Å². The first-order valence-corrected chi connectivity index (χ1v) is 6.45. The monoisotopic (exact) mass is 258 g/mol. The van der Waals surface area contributed by atoms with Crippen LogP contribution < -0.4 is 0 Å². The quantitative estimate of drug-likeness (QED) is 0.840. The Kier molecular flexibility index (Phi) is 3.03. The van der Waals surface area contributed by atoms with E-state index in [0.717, 1.165) is 18.7 Å². The van der Waals surface area contributed by atoms with Crippen molar-refractivity contribution in [1.82, 2.24) is 15.3 Å². The third-order valence-electron chi connectivity index (χ3n) is 3.57. The Morgan fingerprint density at radius 2 is 2.05 bits per heavy atom. The lowest BCUT2D eigenvalue weighted by Gasteiger charge is -1.99. The fraction of sp³-hybridized carbons (Fsp3) is 0.538. The molecule has 19 heavy (non-hydrogen) atoms. The van der Waals surface area contributed by atoms with Crippen molar-refractivity contribution in [3.8, 4) is 6.07 Å². The van der Waals surface area contributed by atoms with Crippen molar-refractivity contribution >= 4 is 0 Å². The van der Waals surface area contributed by atoms with Gasteiger partial charge in [-0.05, 0) is 19.8 Å². The smallest absolute Gasteiger partial charge is 0.232 e. The molecule has 0 radical (unpaired) electrons. The molecule has 0 bridgehead atoms. The molecule has 1 aliphatic rings. The van der Waals surface area contributed by atoms with Gasteiger partial charge >= 0.3 is 0 Å². The molecule has 98 valence electrons. The van der Waals surface area contributed by atoms with Crippen molar-refractivity contribution in [2.24, 2.45) is 0 Å². The lowest BCUT2D eigenvalue weighted by Crippen LogP contribution is -1.96. The van der Waals surface area contributed by atoms with Crippen LogP contribution in [0.2, 0.25) is 0 Å². The Bertz CT molecular complexity index is 617. The summed E-state index contributed by atoms with van der Waals surface area (Å²) in [6.45, 7) is 1.72. The average Bonchev–Trinajstić information content (AvgIpc) is 3.11. The van der Waals surface area contributed by atoms with Crippen LogP contribution in [0.5, 0.6) is 0 Å². The molecule has 1 aliphatic carbocycles. The predicted molar refractivity (Wildman–Crippen MR) is 64.3 cm³/mol. The van der Waals surface area contributed by atoms with Gasteiger partial charge in [0, 0.05) is 5.92 Å². The van der Waals surface area contributed by atoms with Gasteiger partial charge in [-0.1, -0.05) is 23.2 Å². The zero-order chi connectivity index (χ0) is 13.2. The van der Waals surface area contributed by atoms with Gasteiger partial charge in [0.2, 0.25) is 5.89 Å². The molecule has 2 heterocycles. The van der Waals surface area contributed by atoms with Crippen LogP contribution in [0.4, 0.5) is 0 Å². The Morgan fingerprint density at radius 3 is 2.79 bits per heavy atom. The Labute approximate surface area is 110 Å². The fourth-order valence-electron chi connectivity index (χ4n) is 2.51. The van der Waals surface area contributed by atoms with Gasteiger partial charge in [-0.2, -0.15) is 10.2 Å². The SMILES string of the molecule is Cc1onc(Cc2nc(C3CCCC3)no2)c1C#N. The van der Waals surface area contributed by atoms with Crippen LogP contribution in [0.25, 0.3) is 0 Å². The molecule has 0 aliphatic heterocycles. The van der Waals surface area contributed by atoms with Gasteiger partial charge in [-0.25, -0.2) is 0 Å². The molecule has 0 aromatic carbocycles. The number of aryl methyl sites for hydroxylation is 1. The Morgan fingerprint density at radius 1 is 1.26 bits per heavy atom. The zero-order valence-electron chi connectivity index (χ0n) is 10.7. The van der Waals surface area contributed by atoms with Crippen molar-refractivity contribution < 1.29 is 9.05 Å². The topological polar surface area (TPSA) is 88.7 Å². The van der Waals surface area contributed by atoms with Crippen LogP contribution in [0, 0.1) is 18.3 Å². The fourth-order valence-corrected chi connectivity index (χ4v) is 2.51. The lowest BCUT2D eigenvalue weighted by atomic mass is 10.1. The standard InChI is InChI=1S/C13H14N4O2/c1-8-10(7-14)11(16-18-8)6-12-15-13(17-19-12)9-4-2-3-5-9/h9H,2-6H2,1H3. The molecule has 2 aromatic rings. The van der Waals surface area contributed by atoms with E-state index in [-0.39, 0.29) is 0 Å². The molecule has 1 saturated carbocycles. The highest BCUT2D eigenvalue weighted by Crippen LogP contribution is 2.32. The maximum atomic E-state index is 9.03. The second-order valence-corrected chi connectivity index (χ2v) is 4.88. The van der Waals surface area contributed by atoms with Crippen LogP contribution >= 0.6 is 0 Å². The number of nitriles is 1. The molecule has 0 atom stereocenters. The van der Waals surface area contributed by atoms with Gasteiger partial charge in [-0.3, -0.25) is 0 Å². The van der Waals surface area contributed by atoms with Gasteiger partial charge in [0.1, 0.15) is 17.3 Å². The van der Waals surface area contributed by atoms with E-state index >= 15 is 0 Å². The third kappa shape index (κ3) is 2.24. The minimum absolute atomic E-state index is 0.347. The molecule has 0 amide bonds. The summed E-state index contributed by atoms with van der Waals surface area (Å²) in [4.78, 5) is 4.40. The Balaban J connectivity index is 1.78. The summed E-state index contributed by atoms with van der Waals surface area (Å²) in [7, 11) is 0. The second kappa shape index (κ2) is 4.84. The minimum atomic E-state index is 0.347. The van der Waals surface area contributed by atoms with Gasteiger partial charge in [0.05, 0.1) is 6.42 Å². The minimum Gasteiger partial charge on any atom is -0.360 e. The van der Waals surface area contributed by atoms with Crippen molar-refractivity contribution in [1.29, 1.82) is 5.26 Å². The molecule has 6 heteroatoms. The maximum Gasteiger partial charge on any atom is 0.232 e. The highest BCUT2D eigenvalue weighted by Gasteiger charge is 2.23. The molecule has 0 unspecified atom stereocenters. The highest BCUT2D eigenvalue weighted by atomic mass is 16.5. The van der Waals surface area contributed by atoms with Crippen molar-refractivity contribution in [3.63, 3.8) is 0 Å². The summed E-state index contributed by atoms with van der Waals surface area (Å²) in [6, 6.07) is 2.08. The van der Waals surface area contributed by atoms with Gasteiger partial charge in [0.25, 0.3) is 0 Å². The average molecular weight is 258 g/mol. The highest BCUT2D eigenvalue weighted by molar-refractivity contribution is 5.36. The van der Waals surface area contributed by atoms with E-state index in [9.17, 15) is 0 Å². The second-order valence-electron chi connectivity index (χ2n) is 4.88. The first kappa shape index (κ1) is 11.9. The van der Waals surface area contributed by atoms with Crippen LogP contribution in [0.15, 0.2) is 9.05 Å². The largest absolute Gasteiger partial charge is 0.360 e. The molecule has 3 rings (SSSR count). The number of aromatic nitrogens is 3. The summed E-state index contributed by atoms with van der Waals surface area (Å²) in [6.07, 6.45) is 5.07. The molecular formula is C13H14N4O2. The van der Waals surface area contributed by atoms with Crippen LogP contribution in [-0.2, 0) is 6.42 Å². The van der Waals surface area contributed by atoms with Crippen LogP contribution in [0.3, 0.4) is 0 Å².